The van der Waals surface area contributed by atoms with E-state index in [1.54, 1.807) is 32.9 Å². The molecule has 0 saturated carbocycles. The molecule has 0 aliphatic carbocycles. The number of hydrogen-bond donors (Lipinski definition) is 1. The van der Waals surface area contributed by atoms with Crippen molar-refractivity contribution in [2.24, 2.45) is 0 Å². The highest BCUT2D eigenvalue weighted by Crippen LogP contribution is 2.35. The molecule has 1 aromatic carbocycles. The Balaban J connectivity index is 2.32. The maximum atomic E-state index is 12.3. The number of aliphatic hydroxyl groups excluding tert-OH is 1. The maximum Gasteiger partial charge on any atom is 0.415 e. The van der Waals surface area contributed by atoms with E-state index in [1.807, 2.05) is 0 Å². The third-order valence-corrected chi connectivity index (χ3v) is 3.20. The summed E-state index contributed by atoms with van der Waals surface area (Å²) in [6.45, 7) is 6.00. The molecular weight excluding hydrogens is 302 g/mol. The predicted molar refractivity (Wildman–Crippen MR) is 82.5 cm³/mol. The molecule has 1 aromatic rings. The SMILES string of the molecule is COC(=O)C(O)c1ccc2c(c1)N(C(=O)OC(C)(C)C)CCO2. The van der Waals surface area contributed by atoms with Crippen LogP contribution in [0, 0.1) is 0 Å². The topological polar surface area (TPSA) is 85.3 Å². The van der Waals surface area contributed by atoms with Crippen LogP contribution in [0.25, 0.3) is 0 Å². The minimum absolute atomic E-state index is 0.314. The van der Waals surface area contributed by atoms with Gasteiger partial charge in [-0.15, -0.1) is 0 Å². The minimum Gasteiger partial charge on any atom is -0.490 e. The van der Waals surface area contributed by atoms with Crippen LogP contribution in [0.1, 0.15) is 32.4 Å². The van der Waals surface area contributed by atoms with Crippen molar-refractivity contribution in [3.8, 4) is 5.75 Å². The average molecular weight is 323 g/mol. The first-order valence-corrected chi connectivity index (χ1v) is 7.26. The van der Waals surface area contributed by atoms with Crippen molar-refractivity contribution in [1.29, 1.82) is 0 Å². The van der Waals surface area contributed by atoms with E-state index in [0.29, 0.717) is 30.2 Å². The summed E-state index contributed by atoms with van der Waals surface area (Å²) in [7, 11) is 1.19. The van der Waals surface area contributed by atoms with Crippen LogP contribution < -0.4 is 9.64 Å². The van der Waals surface area contributed by atoms with Gasteiger partial charge in [-0.1, -0.05) is 6.07 Å². The number of anilines is 1. The first-order chi connectivity index (χ1) is 10.7. The molecule has 23 heavy (non-hydrogen) atoms. The Morgan fingerprint density at radius 2 is 2.04 bits per heavy atom. The van der Waals surface area contributed by atoms with Gasteiger partial charge in [-0.2, -0.15) is 0 Å². The summed E-state index contributed by atoms with van der Waals surface area (Å²) in [5, 5.41) is 9.95. The molecule has 1 amide bonds. The molecule has 0 aromatic heterocycles. The largest absolute Gasteiger partial charge is 0.490 e. The van der Waals surface area contributed by atoms with Crippen molar-refractivity contribution in [3.63, 3.8) is 0 Å². The molecule has 126 valence electrons. The van der Waals surface area contributed by atoms with Gasteiger partial charge < -0.3 is 19.3 Å². The number of carbonyl (C=O) groups is 2. The lowest BCUT2D eigenvalue weighted by atomic mass is 10.1. The number of hydrogen-bond acceptors (Lipinski definition) is 6. The summed E-state index contributed by atoms with van der Waals surface area (Å²) in [4.78, 5) is 25.2. The summed E-state index contributed by atoms with van der Waals surface area (Å²) in [5.41, 5.74) is 0.138. The fourth-order valence-corrected chi connectivity index (χ4v) is 2.16. The molecule has 1 N–H and O–H groups in total. The van der Waals surface area contributed by atoms with Gasteiger partial charge in [0.2, 0.25) is 0 Å². The highest BCUT2D eigenvalue weighted by atomic mass is 16.6. The summed E-state index contributed by atoms with van der Waals surface area (Å²) in [6.07, 6.45) is -1.93. The number of ether oxygens (including phenoxy) is 3. The molecule has 1 heterocycles. The standard InChI is InChI=1S/C16H21NO6/c1-16(2,3)23-15(20)17-7-8-22-12-6-5-10(9-11(12)17)13(18)14(19)21-4/h5-6,9,13,18H,7-8H2,1-4H3. The molecule has 1 aliphatic heterocycles. The quantitative estimate of drug-likeness (QED) is 0.838. The predicted octanol–water partition coefficient (Wildman–Crippen LogP) is 2.03. The molecular formula is C16H21NO6. The number of amides is 1. The number of fused-ring (bicyclic) bond motifs is 1. The molecule has 7 heteroatoms. The second-order valence-electron chi connectivity index (χ2n) is 6.13. The number of benzene rings is 1. The molecule has 1 aliphatic rings. The van der Waals surface area contributed by atoms with Gasteiger partial charge in [0.05, 0.1) is 19.3 Å². The van der Waals surface area contributed by atoms with E-state index in [0.717, 1.165) is 0 Å². The third kappa shape index (κ3) is 3.92. The van der Waals surface area contributed by atoms with Crippen LogP contribution in [0.4, 0.5) is 10.5 Å². The Labute approximate surface area is 134 Å². The molecule has 1 unspecified atom stereocenters. The smallest absolute Gasteiger partial charge is 0.415 e. The van der Waals surface area contributed by atoms with Crippen LogP contribution in [-0.2, 0) is 14.3 Å². The molecule has 0 saturated heterocycles. The van der Waals surface area contributed by atoms with E-state index in [4.69, 9.17) is 9.47 Å². The molecule has 0 spiro atoms. The number of esters is 1. The zero-order chi connectivity index (χ0) is 17.2. The summed E-state index contributed by atoms with van der Waals surface area (Å²) < 4.78 is 15.4. The van der Waals surface area contributed by atoms with Crippen LogP contribution in [0.15, 0.2) is 18.2 Å². The van der Waals surface area contributed by atoms with Crippen molar-refractivity contribution < 1.29 is 28.9 Å². The molecule has 1 atom stereocenters. The van der Waals surface area contributed by atoms with Crippen LogP contribution in [0.2, 0.25) is 0 Å². The molecule has 0 radical (unpaired) electrons. The van der Waals surface area contributed by atoms with E-state index in [9.17, 15) is 14.7 Å². The van der Waals surface area contributed by atoms with E-state index in [2.05, 4.69) is 4.74 Å². The van der Waals surface area contributed by atoms with E-state index in [1.165, 1.54) is 18.1 Å². The zero-order valence-corrected chi connectivity index (χ0v) is 13.7. The Bertz CT molecular complexity index is 607. The lowest BCUT2D eigenvalue weighted by molar-refractivity contribution is -0.150. The van der Waals surface area contributed by atoms with Crippen molar-refractivity contribution in [2.75, 3.05) is 25.2 Å². The minimum atomic E-state index is -1.42. The first-order valence-electron chi connectivity index (χ1n) is 7.26. The second kappa shape index (κ2) is 6.45. The van der Waals surface area contributed by atoms with Crippen molar-refractivity contribution in [2.45, 2.75) is 32.5 Å². The summed E-state index contributed by atoms with van der Waals surface area (Å²) >= 11 is 0. The van der Waals surface area contributed by atoms with Gasteiger partial charge in [-0.3, -0.25) is 4.90 Å². The van der Waals surface area contributed by atoms with Gasteiger partial charge >= 0.3 is 12.1 Å². The van der Waals surface area contributed by atoms with Crippen LogP contribution >= 0.6 is 0 Å². The first kappa shape index (κ1) is 17.1. The molecule has 0 fully saturated rings. The highest BCUT2D eigenvalue weighted by Gasteiger charge is 2.29. The Kier molecular flexibility index (Phi) is 4.79. The number of carbonyl (C=O) groups excluding carboxylic acids is 2. The van der Waals surface area contributed by atoms with Gasteiger partial charge in [-0.25, -0.2) is 9.59 Å². The second-order valence-corrected chi connectivity index (χ2v) is 6.13. The van der Waals surface area contributed by atoms with Crippen molar-refractivity contribution >= 4 is 17.7 Å². The van der Waals surface area contributed by atoms with Crippen LogP contribution in [0.5, 0.6) is 5.75 Å². The monoisotopic (exact) mass is 323 g/mol. The van der Waals surface area contributed by atoms with Crippen molar-refractivity contribution in [1.82, 2.24) is 0 Å². The summed E-state index contributed by atoms with van der Waals surface area (Å²) in [6, 6.07) is 4.69. The van der Waals surface area contributed by atoms with Gasteiger partial charge in [0, 0.05) is 0 Å². The average Bonchev–Trinajstić information content (AvgIpc) is 2.50. The fraction of sp³-hybridized carbons (Fsp3) is 0.500. The number of nitrogens with zero attached hydrogens (tertiary/aromatic N) is 1. The van der Waals surface area contributed by atoms with E-state index in [-0.39, 0.29) is 0 Å². The normalized spacial score (nSPS) is 15.3. The Hall–Kier alpha value is -2.28. The highest BCUT2D eigenvalue weighted by molar-refractivity contribution is 5.91. The molecule has 2 rings (SSSR count). The third-order valence-electron chi connectivity index (χ3n) is 3.20. The van der Waals surface area contributed by atoms with E-state index >= 15 is 0 Å². The maximum absolute atomic E-state index is 12.3. The van der Waals surface area contributed by atoms with Gasteiger partial charge in [0.15, 0.2) is 6.10 Å². The lowest BCUT2D eigenvalue weighted by Crippen LogP contribution is -2.41. The lowest BCUT2D eigenvalue weighted by Gasteiger charge is -2.32. The van der Waals surface area contributed by atoms with Gasteiger partial charge in [0.1, 0.15) is 18.0 Å². The van der Waals surface area contributed by atoms with E-state index < -0.39 is 23.8 Å². The van der Waals surface area contributed by atoms with Crippen LogP contribution in [-0.4, -0.2) is 43.0 Å². The Morgan fingerprint density at radius 1 is 1.35 bits per heavy atom. The molecule has 7 nitrogen and oxygen atoms in total. The van der Waals surface area contributed by atoms with Gasteiger partial charge in [-0.05, 0) is 38.5 Å². The Morgan fingerprint density at radius 3 is 2.65 bits per heavy atom. The van der Waals surface area contributed by atoms with Crippen LogP contribution in [0.3, 0.4) is 0 Å². The number of rotatable bonds is 2. The molecule has 0 bridgehead atoms. The zero-order valence-electron chi connectivity index (χ0n) is 13.7. The van der Waals surface area contributed by atoms with Crippen molar-refractivity contribution in [3.05, 3.63) is 23.8 Å². The number of aliphatic hydroxyl groups is 1. The summed E-state index contributed by atoms with van der Waals surface area (Å²) in [5.74, 6) is -0.284. The fourth-order valence-electron chi connectivity index (χ4n) is 2.16. The number of methoxy groups -OCH3 is 1. The van der Waals surface area contributed by atoms with Gasteiger partial charge in [0.25, 0.3) is 0 Å².